The number of nitrogens with one attached hydrogen (secondary N) is 1. The fourth-order valence-electron chi connectivity index (χ4n) is 1.36. The van der Waals surface area contributed by atoms with Crippen LogP contribution < -0.4 is 5.32 Å². The van der Waals surface area contributed by atoms with E-state index in [0.29, 0.717) is 11.6 Å². The molecule has 2 aromatic rings. The Hall–Kier alpha value is -1.94. The average Bonchev–Trinajstić information content (AvgIpc) is 2.82. The summed E-state index contributed by atoms with van der Waals surface area (Å²) in [5, 5.41) is 12.3. The number of hydrogen-bond donors (Lipinski definition) is 2. The fraction of sp³-hybridized carbons (Fsp3) is 0.0833. The van der Waals surface area contributed by atoms with E-state index < -0.39 is 0 Å². The summed E-state index contributed by atoms with van der Waals surface area (Å²) in [4.78, 5) is 11.8. The Bertz CT molecular complexity index is 523. The van der Waals surface area contributed by atoms with Crippen molar-refractivity contribution >= 4 is 17.5 Å². The Kier molecular flexibility index (Phi) is 3.35. The number of halogens is 1. The van der Waals surface area contributed by atoms with Gasteiger partial charge in [0, 0.05) is 12.1 Å². The Morgan fingerprint density at radius 3 is 2.94 bits per heavy atom. The molecule has 1 aromatic carbocycles. The quantitative estimate of drug-likeness (QED) is 0.881. The van der Waals surface area contributed by atoms with Crippen molar-refractivity contribution in [1.82, 2.24) is 5.32 Å². The lowest BCUT2D eigenvalue weighted by Crippen LogP contribution is -2.22. The van der Waals surface area contributed by atoms with Crippen molar-refractivity contribution < 1.29 is 14.3 Å². The molecule has 17 heavy (non-hydrogen) atoms. The SMILES string of the molecule is O=C(NCc1ccoc1)c1cc(O)ccc1Cl. The number of furan rings is 1. The number of amides is 1. The predicted molar refractivity (Wildman–Crippen MR) is 63.0 cm³/mol. The Morgan fingerprint density at radius 2 is 2.24 bits per heavy atom. The van der Waals surface area contributed by atoms with Crippen LogP contribution in [0, 0.1) is 0 Å². The number of hydrogen-bond acceptors (Lipinski definition) is 3. The lowest BCUT2D eigenvalue weighted by Gasteiger charge is -2.05. The molecule has 0 aliphatic rings. The molecule has 4 nitrogen and oxygen atoms in total. The molecule has 0 atom stereocenters. The fourth-order valence-corrected chi connectivity index (χ4v) is 1.56. The number of carbonyl (C=O) groups is 1. The van der Waals surface area contributed by atoms with Gasteiger partial charge in [-0.1, -0.05) is 11.6 Å². The maximum atomic E-state index is 11.8. The first kappa shape index (κ1) is 11.5. The van der Waals surface area contributed by atoms with Gasteiger partial charge in [-0.2, -0.15) is 0 Å². The van der Waals surface area contributed by atoms with Gasteiger partial charge < -0.3 is 14.8 Å². The topological polar surface area (TPSA) is 62.5 Å². The van der Waals surface area contributed by atoms with Gasteiger partial charge in [-0.3, -0.25) is 4.79 Å². The molecule has 0 saturated heterocycles. The van der Waals surface area contributed by atoms with E-state index in [-0.39, 0.29) is 17.2 Å². The molecular formula is C12H10ClNO3. The van der Waals surface area contributed by atoms with Gasteiger partial charge in [-0.15, -0.1) is 0 Å². The molecule has 88 valence electrons. The van der Waals surface area contributed by atoms with Gasteiger partial charge in [0.15, 0.2) is 0 Å². The summed E-state index contributed by atoms with van der Waals surface area (Å²) in [6, 6.07) is 5.98. The van der Waals surface area contributed by atoms with Crippen LogP contribution in [0.3, 0.4) is 0 Å². The largest absolute Gasteiger partial charge is 0.508 e. The van der Waals surface area contributed by atoms with Gasteiger partial charge in [0.25, 0.3) is 5.91 Å². The molecule has 0 spiro atoms. The van der Waals surface area contributed by atoms with Crippen molar-refractivity contribution in [3.63, 3.8) is 0 Å². The van der Waals surface area contributed by atoms with Crippen molar-refractivity contribution in [2.24, 2.45) is 0 Å². The summed E-state index contributed by atoms with van der Waals surface area (Å²) in [7, 11) is 0. The van der Waals surface area contributed by atoms with Gasteiger partial charge in [0.05, 0.1) is 23.1 Å². The van der Waals surface area contributed by atoms with Gasteiger partial charge in [-0.25, -0.2) is 0 Å². The van der Waals surface area contributed by atoms with Crippen molar-refractivity contribution in [1.29, 1.82) is 0 Å². The first-order valence-electron chi connectivity index (χ1n) is 4.94. The third-order valence-electron chi connectivity index (χ3n) is 2.23. The van der Waals surface area contributed by atoms with Crippen molar-refractivity contribution in [2.75, 3.05) is 0 Å². The number of carbonyl (C=O) groups excluding carboxylic acids is 1. The summed E-state index contributed by atoms with van der Waals surface area (Å²) >= 11 is 5.86. The molecule has 5 heteroatoms. The molecule has 0 aliphatic heterocycles. The Balaban J connectivity index is 2.07. The lowest BCUT2D eigenvalue weighted by atomic mass is 10.2. The van der Waals surface area contributed by atoms with Gasteiger partial charge in [0.1, 0.15) is 5.75 Å². The Morgan fingerprint density at radius 1 is 1.41 bits per heavy atom. The number of phenolic OH excluding ortho intramolecular Hbond substituents is 1. The van der Waals surface area contributed by atoms with Crippen LogP contribution in [-0.2, 0) is 6.54 Å². The van der Waals surface area contributed by atoms with E-state index in [0.717, 1.165) is 5.56 Å². The van der Waals surface area contributed by atoms with Crippen LogP contribution >= 0.6 is 11.6 Å². The number of rotatable bonds is 3. The zero-order valence-corrected chi connectivity index (χ0v) is 9.57. The minimum Gasteiger partial charge on any atom is -0.508 e. The van der Waals surface area contributed by atoms with Crippen LogP contribution in [0.4, 0.5) is 0 Å². The van der Waals surface area contributed by atoms with E-state index >= 15 is 0 Å². The molecule has 0 aliphatic carbocycles. The molecule has 0 radical (unpaired) electrons. The van der Waals surface area contributed by atoms with Crippen LogP contribution in [0.1, 0.15) is 15.9 Å². The second-order valence-electron chi connectivity index (χ2n) is 3.48. The highest BCUT2D eigenvalue weighted by Crippen LogP contribution is 2.21. The Labute approximate surface area is 103 Å². The predicted octanol–water partition coefficient (Wildman–Crippen LogP) is 2.57. The van der Waals surface area contributed by atoms with E-state index in [1.807, 2.05) is 0 Å². The highest BCUT2D eigenvalue weighted by atomic mass is 35.5. The second-order valence-corrected chi connectivity index (χ2v) is 3.89. The number of aromatic hydroxyl groups is 1. The van der Waals surface area contributed by atoms with E-state index in [1.165, 1.54) is 24.5 Å². The van der Waals surface area contributed by atoms with Crippen molar-refractivity contribution in [2.45, 2.75) is 6.54 Å². The zero-order valence-electron chi connectivity index (χ0n) is 8.81. The molecule has 0 fully saturated rings. The maximum Gasteiger partial charge on any atom is 0.253 e. The van der Waals surface area contributed by atoms with E-state index in [4.69, 9.17) is 16.0 Å². The van der Waals surface area contributed by atoms with E-state index in [1.54, 1.807) is 12.3 Å². The molecular weight excluding hydrogens is 242 g/mol. The van der Waals surface area contributed by atoms with Crippen LogP contribution in [0.15, 0.2) is 41.2 Å². The van der Waals surface area contributed by atoms with E-state index in [9.17, 15) is 9.90 Å². The van der Waals surface area contributed by atoms with Crippen LogP contribution in [-0.4, -0.2) is 11.0 Å². The summed E-state index contributed by atoms with van der Waals surface area (Å²) in [5.41, 5.74) is 1.10. The minimum absolute atomic E-state index is 0.00265. The normalized spacial score (nSPS) is 10.2. The third kappa shape index (κ3) is 2.79. The minimum atomic E-state index is -0.341. The van der Waals surface area contributed by atoms with Crippen molar-refractivity contribution in [3.05, 3.63) is 52.9 Å². The van der Waals surface area contributed by atoms with Gasteiger partial charge in [0.2, 0.25) is 0 Å². The standard InChI is InChI=1S/C12H10ClNO3/c13-11-2-1-9(15)5-10(11)12(16)14-6-8-3-4-17-7-8/h1-5,7,15H,6H2,(H,14,16). The molecule has 0 saturated carbocycles. The van der Waals surface area contributed by atoms with Crippen molar-refractivity contribution in [3.8, 4) is 5.75 Å². The summed E-state index contributed by atoms with van der Waals surface area (Å²) in [6.07, 6.45) is 3.08. The number of phenols is 1. The van der Waals surface area contributed by atoms with Crippen LogP contribution in [0.25, 0.3) is 0 Å². The zero-order chi connectivity index (χ0) is 12.3. The second kappa shape index (κ2) is 4.93. The highest BCUT2D eigenvalue weighted by Gasteiger charge is 2.10. The first-order valence-corrected chi connectivity index (χ1v) is 5.32. The van der Waals surface area contributed by atoms with Crippen LogP contribution in [0.5, 0.6) is 5.75 Å². The number of benzene rings is 1. The summed E-state index contributed by atoms with van der Waals surface area (Å²) in [5.74, 6) is -0.338. The molecule has 2 N–H and O–H groups in total. The van der Waals surface area contributed by atoms with Gasteiger partial charge in [-0.05, 0) is 24.3 Å². The molecule has 2 rings (SSSR count). The molecule has 1 heterocycles. The summed E-state index contributed by atoms with van der Waals surface area (Å²) < 4.78 is 4.88. The monoisotopic (exact) mass is 251 g/mol. The smallest absolute Gasteiger partial charge is 0.253 e. The molecule has 1 aromatic heterocycles. The average molecular weight is 252 g/mol. The van der Waals surface area contributed by atoms with Gasteiger partial charge >= 0.3 is 0 Å². The third-order valence-corrected chi connectivity index (χ3v) is 2.56. The maximum absolute atomic E-state index is 11.8. The molecule has 0 unspecified atom stereocenters. The van der Waals surface area contributed by atoms with E-state index in [2.05, 4.69) is 5.32 Å². The first-order chi connectivity index (χ1) is 8.16. The molecule has 0 bridgehead atoms. The van der Waals surface area contributed by atoms with Crippen LogP contribution in [0.2, 0.25) is 5.02 Å². The molecule has 1 amide bonds. The lowest BCUT2D eigenvalue weighted by molar-refractivity contribution is 0.0950. The summed E-state index contributed by atoms with van der Waals surface area (Å²) in [6.45, 7) is 0.349. The highest BCUT2D eigenvalue weighted by molar-refractivity contribution is 6.33.